The largest absolute Gasteiger partial charge is 0.493 e. The van der Waals surface area contributed by atoms with Gasteiger partial charge < -0.3 is 18.7 Å². The van der Waals surface area contributed by atoms with Crippen molar-refractivity contribution in [2.45, 2.75) is 19.4 Å². The lowest BCUT2D eigenvalue weighted by Crippen LogP contribution is -2.06. The molecule has 4 aromatic rings. The molecule has 2 aromatic heterocycles. The number of aromatic nitrogens is 3. The number of thiazole rings is 1. The Kier molecular flexibility index (Phi) is 5.89. The molecule has 2 aromatic carbocycles. The van der Waals surface area contributed by atoms with E-state index in [1.807, 2.05) is 24.3 Å². The predicted octanol–water partition coefficient (Wildman–Crippen LogP) is 4.04. The lowest BCUT2D eigenvalue weighted by molar-refractivity contribution is -0.145. The molecule has 2 heterocycles. The Labute approximate surface area is 176 Å². The first-order chi connectivity index (χ1) is 14.7. The van der Waals surface area contributed by atoms with Crippen molar-refractivity contribution in [3.8, 4) is 22.9 Å². The summed E-state index contributed by atoms with van der Waals surface area (Å²) in [5.41, 5.74) is 1.64. The summed E-state index contributed by atoms with van der Waals surface area (Å²) in [5, 5.41) is 4.84. The highest BCUT2D eigenvalue weighted by Gasteiger charge is 2.14. The average molecular weight is 425 g/mol. The molecule has 8 nitrogen and oxygen atoms in total. The van der Waals surface area contributed by atoms with Crippen LogP contribution in [0.4, 0.5) is 0 Å². The number of para-hydroxylation sites is 1. The van der Waals surface area contributed by atoms with Gasteiger partial charge in [0.05, 0.1) is 35.9 Å². The second kappa shape index (κ2) is 8.91. The first-order valence-corrected chi connectivity index (χ1v) is 10.0. The number of rotatable bonds is 8. The number of methoxy groups -OCH3 is 2. The van der Waals surface area contributed by atoms with Crippen LogP contribution in [0.5, 0.6) is 11.5 Å². The zero-order valence-electron chi connectivity index (χ0n) is 16.5. The highest BCUT2D eigenvalue weighted by atomic mass is 32.1. The number of carbonyl (C=O) groups excluding carboxylic acids is 1. The van der Waals surface area contributed by atoms with Crippen molar-refractivity contribution in [1.29, 1.82) is 0 Å². The van der Waals surface area contributed by atoms with Crippen LogP contribution in [0.15, 0.2) is 47.0 Å². The molecule has 0 saturated heterocycles. The third-order valence-electron chi connectivity index (χ3n) is 4.35. The maximum absolute atomic E-state index is 12.1. The molecule has 0 unspecified atom stereocenters. The van der Waals surface area contributed by atoms with Crippen molar-refractivity contribution in [1.82, 2.24) is 15.1 Å². The van der Waals surface area contributed by atoms with Crippen LogP contribution in [0.25, 0.3) is 21.6 Å². The number of hydrogen-bond donors (Lipinski definition) is 0. The van der Waals surface area contributed by atoms with Gasteiger partial charge in [-0.05, 0) is 30.3 Å². The summed E-state index contributed by atoms with van der Waals surface area (Å²) in [6, 6.07) is 13.2. The van der Waals surface area contributed by atoms with E-state index < -0.39 is 0 Å². The molecule has 0 radical (unpaired) electrons. The van der Waals surface area contributed by atoms with Gasteiger partial charge in [0, 0.05) is 12.0 Å². The molecular weight excluding hydrogens is 406 g/mol. The number of hydrogen-bond acceptors (Lipinski definition) is 9. The minimum Gasteiger partial charge on any atom is -0.493 e. The maximum Gasteiger partial charge on any atom is 0.306 e. The van der Waals surface area contributed by atoms with Crippen LogP contribution in [0.1, 0.15) is 17.3 Å². The number of nitrogens with zero attached hydrogens (tertiary/aromatic N) is 3. The Hall–Kier alpha value is -3.46. The lowest BCUT2D eigenvalue weighted by Gasteiger charge is -2.07. The highest BCUT2D eigenvalue weighted by molar-refractivity contribution is 7.18. The Morgan fingerprint density at radius 1 is 1.07 bits per heavy atom. The van der Waals surface area contributed by atoms with Crippen LogP contribution in [0.3, 0.4) is 0 Å². The molecule has 154 valence electrons. The van der Waals surface area contributed by atoms with Gasteiger partial charge in [0.25, 0.3) is 5.89 Å². The van der Waals surface area contributed by atoms with E-state index >= 15 is 0 Å². The van der Waals surface area contributed by atoms with E-state index in [2.05, 4.69) is 15.1 Å². The zero-order valence-corrected chi connectivity index (χ0v) is 17.3. The third kappa shape index (κ3) is 4.41. The van der Waals surface area contributed by atoms with E-state index in [1.54, 1.807) is 43.8 Å². The van der Waals surface area contributed by atoms with E-state index in [1.165, 1.54) is 0 Å². The van der Waals surface area contributed by atoms with Crippen LogP contribution in [0, 0.1) is 0 Å². The molecule has 0 atom stereocenters. The molecule has 0 fully saturated rings. The van der Waals surface area contributed by atoms with E-state index in [0.717, 1.165) is 15.2 Å². The lowest BCUT2D eigenvalue weighted by atomic mass is 10.2. The number of benzene rings is 2. The van der Waals surface area contributed by atoms with Crippen LogP contribution in [-0.2, 0) is 22.6 Å². The van der Waals surface area contributed by atoms with Gasteiger partial charge in [-0.15, -0.1) is 11.3 Å². The molecule has 0 amide bonds. The van der Waals surface area contributed by atoms with Crippen molar-refractivity contribution < 1.29 is 23.5 Å². The van der Waals surface area contributed by atoms with Gasteiger partial charge in [0.15, 0.2) is 18.1 Å². The molecule has 0 bridgehead atoms. The fraction of sp³-hybridized carbons (Fsp3) is 0.238. The minimum atomic E-state index is -0.347. The smallest absolute Gasteiger partial charge is 0.306 e. The summed E-state index contributed by atoms with van der Waals surface area (Å²) in [7, 11) is 3.12. The molecular formula is C21H19N3O5S. The van der Waals surface area contributed by atoms with Crippen molar-refractivity contribution in [2.24, 2.45) is 0 Å². The predicted molar refractivity (Wildman–Crippen MR) is 111 cm³/mol. The van der Waals surface area contributed by atoms with Gasteiger partial charge in [-0.1, -0.05) is 17.3 Å². The topological polar surface area (TPSA) is 96.6 Å². The SMILES string of the molecule is COc1ccc(-c2noc(COC(=O)CCc3nc4ccccc4s3)n2)cc1OC. The number of esters is 1. The summed E-state index contributed by atoms with van der Waals surface area (Å²) in [6.07, 6.45) is 0.759. The summed E-state index contributed by atoms with van der Waals surface area (Å²) in [4.78, 5) is 20.9. The molecule has 0 aliphatic rings. The Morgan fingerprint density at radius 2 is 1.90 bits per heavy atom. The molecule has 0 spiro atoms. The van der Waals surface area contributed by atoms with E-state index in [0.29, 0.717) is 29.3 Å². The highest BCUT2D eigenvalue weighted by Crippen LogP contribution is 2.31. The third-order valence-corrected chi connectivity index (χ3v) is 5.44. The minimum absolute atomic E-state index is 0.0844. The molecule has 4 rings (SSSR count). The molecule has 0 aliphatic carbocycles. The van der Waals surface area contributed by atoms with Crippen molar-refractivity contribution in [3.05, 3.63) is 53.4 Å². The van der Waals surface area contributed by atoms with E-state index in [9.17, 15) is 4.79 Å². The van der Waals surface area contributed by atoms with Gasteiger partial charge in [-0.3, -0.25) is 4.79 Å². The summed E-state index contributed by atoms with van der Waals surface area (Å²) in [6.45, 7) is -0.0844. The standard InChI is InChI=1S/C21H19N3O5S/c1-26-15-8-7-13(11-16(15)27-2)21-23-18(29-24-21)12-28-20(25)10-9-19-22-14-5-3-4-6-17(14)30-19/h3-8,11H,9-10,12H2,1-2H3. The van der Waals surface area contributed by atoms with Gasteiger partial charge in [0.2, 0.25) is 5.82 Å². The van der Waals surface area contributed by atoms with Crippen LogP contribution < -0.4 is 9.47 Å². The second-order valence-electron chi connectivity index (χ2n) is 6.32. The maximum atomic E-state index is 12.1. The van der Waals surface area contributed by atoms with Gasteiger partial charge >= 0.3 is 5.97 Å². The molecule has 0 aliphatic heterocycles. The Morgan fingerprint density at radius 3 is 2.70 bits per heavy atom. The zero-order chi connectivity index (χ0) is 20.9. The van der Waals surface area contributed by atoms with Crippen LogP contribution in [-0.4, -0.2) is 35.3 Å². The van der Waals surface area contributed by atoms with Crippen LogP contribution >= 0.6 is 11.3 Å². The fourth-order valence-corrected chi connectivity index (χ4v) is 3.82. The van der Waals surface area contributed by atoms with Crippen molar-refractivity contribution >= 4 is 27.5 Å². The van der Waals surface area contributed by atoms with Crippen LogP contribution in [0.2, 0.25) is 0 Å². The first-order valence-electron chi connectivity index (χ1n) is 9.21. The molecule has 9 heteroatoms. The van der Waals surface area contributed by atoms with Crippen molar-refractivity contribution in [2.75, 3.05) is 14.2 Å². The summed E-state index contributed by atoms with van der Waals surface area (Å²) >= 11 is 1.58. The van der Waals surface area contributed by atoms with Gasteiger partial charge in [0.1, 0.15) is 0 Å². The van der Waals surface area contributed by atoms with E-state index in [-0.39, 0.29) is 24.9 Å². The number of ether oxygens (including phenoxy) is 3. The number of aryl methyl sites for hydroxylation is 1. The monoisotopic (exact) mass is 425 g/mol. The van der Waals surface area contributed by atoms with E-state index in [4.69, 9.17) is 18.7 Å². The molecule has 0 saturated carbocycles. The Bertz CT molecular complexity index is 1140. The van der Waals surface area contributed by atoms with Gasteiger partial charge in [-0.25, -0.2) is 4.98 Å². The number of fused-ring (bicyclic) bond motifs is 1. The second-order valence-corrected chi connectivity index (χ2v) is 7.43. The Balaban J connectivity index is 1.32. The number of carbonyl (C=O) groups is 1. The quantitative estimate of drug-likeness (QED) is 0.390. The summed E-state index contributed by atoms with van der Waals surface area (Å²) in [5.74, 6) is 1.40. The average Bonchev–Trinajstić information content (AvgIpc) is 3.42. The normalized spacial score (nSPS) is 10.9. The van der Waals surface area contributed by atoms with Crippen molar-refractivity contribution in [3.63, 3.8) is 0 Å². The summed E-state index contributed by atoms with van der Waals surface area (Å²) < 4.78 is 22.0. The molecule has 30 heavy (non-hydrogen) atoms. The fourth-order valence-electron chi connectivity index (χ4n) is 2.86. The molecule has 0 N–H and O–H groups in total. The first kappa shape index (κ1) is 19.8. The van der Waals surface area contributed by atoms with Gasteiger partial charge in [-0.2, -0.15) is 4.98 Å².